The van der Waals surface area contributed by atoms with Crippen LogP contribution in [-0.4, -0.2) is 45.3 Å². The second-order valence-electron chi connectivity index (χ2n) is 30.3. The summed E-state index contributed by atoms with van der Waals surface area (Å²) in [4.78, 5) is 21.6. The van der Waals surface area contributed by atoms with Crippen LogP contribution in [0.15, 0.2) is 190 Å². The number of benzene rings is 8. The molecule has 0 bridgehead atoms. The first-order valence-electron chi connectivity index (χ1n) is 31.4. The molecule has 0 heterocycles. The molecule has 8 rings (SSSR count). The fourth-order valence-corrected chi connectivity index (χ4v) is 11.4. The van der Waals surface area contributed by atoms with Crippen molar-refractivity contribution in [3.05, 3.63) is 259 Å². The Kier molecular flexibility index (Phi) is 19.7. The Labute approximate surface area is 532 Å². The Morgan fingerprint density at radius 2 is 0.494 bits per heavy atom. The quantitative estimate of drug-likeness (QED) is 0.0718. The van der Waals surface area contributed by atoms with Gasteiger partial charge in [0.1, 0.15) is 47.2 Å². The number of aliphatic imine (C=N–C) groups is 4. The number of hydrogen-bond donors (Lipinski definition) is 4. The number of phenols is 4. The highest BCUT2D eigenvalue weighted by Crippen LogP contribution is 2.44. The Morgan fingerprint density at radius 3 is 0.708 bits per heavy atom. The maximum absolute atomic E-state index is 12.4. The lowest BCUT2D eigenvalue weighted by Crippen LogP contribution is -2.17. The van der Waals surface area contributed by atoms with Gasteiger partial charge in [-0.15, -0.1) is 0 Å². The monoisotopic (exact) mass is 1190 g/mol. The van der Waals surface area contributed by atoms with E-state index >= 15 is 0 Å². The molecule has 8 aromatic rings. The summed E-state index contributed by atoms with van der Waals surface area (Å²) >= 11 is 0. The molecule has 0 aliphatic rings. The molecule has 0 aliphatic heterocycles. The van der Waals surface area contributed by atoms with E-state index in [0.717, 1.165) is 66.8 Å². The third-order valence-electron chi connectivity index (χ3n) is 16.7. The Morgan fingerprint density at radius 1 is 0.281 bits per heavy atom. The first kappa shape index (κ1) is 66.6. The fraction of sp³-hybridized carbons (Fsp3) is 0.358. The van der Waals surface area contributed by atoms with E-state index in [1.165, 1.54) is 0 Å². The van der Waals surface area contributed by atoms with Gasteiger partial charge in [0.15, 0.2) is 0 Å². The van der Waals surface area contributed by atoms with Crippen molar-refractivity contribution < 1.29 is 20.4 Å². The predicted octanol–water partition coefficient (Wildman–Crippen LogP) is 19.9. The van der Waals surface area contributed by atoms with E-state index in [1.807, 2.05) is 97.1 Å². The predicted molar refractivity (Wildman–Crippen MR) is 375 cm³/mol. The van der Waals surface area contributed by atoms with Crippen LogP contribution in [0.25, 0.3) is 0 Å². The summed E-state index contributed by atoms with van der Waals surface area (Å²) in [5.41, 5.74) is 11.7. The van der Waals surface area contributed by atoms with Crippen molar-refractivity contribution in [1.82, 2.24) is 0 Å². The van der Waals surface area contributed by atoms with Crippen molar-refractivity contribution in [1.29, 1.82) is 0 Å². The normalized spacial score (nSPS) is 14.5. The van der Waals surface area contributed by atoms with Gasteiger partial charge in [0.25, 0.3) is 0 Å². The van der Waals surface area contributed by atoms with Crippen molar-refractivity contribution in [3.63, 3.8) is 0 Å². The largest absolute Gasteiger partial charge is 0.507 e. The SMILES string of the molecule is CC(C)(C)c1cc(C=N[C@H](c2ccccc2)[C@H](N=Cc2cc(Cc3cc(C=N[C@H](c4ccccc4)[C@H](N=Cc4cc(C(C)(C)C)cc(C(C)(C)C)c4O)c4ccccc4)c(O)c(C(C)(C)C)c3)cc(C(C)(C)C)c2O)c2ccccc2)c(O)c(C(C)(C)C)c1. The first-order chi connectivity index (χ1) is 41.6. The van der Waals surface area contributed by atoms with Crippen LogP contribution in [0, 0.1) is 0 Å². The van der Waals surface area contributed by atoms with E-state index in [9.17, 15) is 20.4 Å². The number of hydrogen-bond acceptors (Lipinski definition) is 8. The van der Waals surface area contributed by atoms with Crippen LogP contribution in [0.3, 0.4) is 0 Å². The van der Waals surface area contributed by atoms with Gasteiger partial charge in [-0.25, -0.2) is 0 Å². The summed E-state index contributed by atoms with van der Waals surface area (Å²) in [6.07, 6.45) is 7.67. The molecular formula is C81H96N4O4. The van der Waals surface area contributed by atoms with Crippen LogP contribution < -0.4 is 0 Å². The third-order valence-corrected chi connectivity index (χ3v) is 16.7. The van der Waals surface area contributed by atoms with Gasteiger partial charge in [0.2, 0.25) is 0 Å². The molecular weight excluding hydrogens is 1090 g/mol. The molecule has 0 fully saturated rings. The zero-order valence-corrected chi connectivity index (χ0v) is 56.1. The Hall–Kier alpha value is -8.36. The van der Waals surface area contributed by atoms with Crippen molar-refractivity contribution in [2.45, 2.75) is 188 Å². The van der Waals surface area contributed by atoms with Crippen LogP contribution in [0.5, 0.6) is 23.0 Å². The molecule has 0 saturated carbocycles. The van der Waals surface area contributed by atoms with E-state index in [2.05, 4.69) is 197 Å². The summed E-state index contributed by atoms with van der Waals surface area (Å²) < 4.78 is 0. The van der Waals surface area contributed by atoms with Crippen molar-refractivity contribution in [2.75, 3.05) is 0 Å². The lowest BCUT2D eigenvalue weighted by molar-refractivity contribution is 0.443. The van der Waals surface area contributed by atoms with Gasteiger partial charge in [0.05, 0.1) is 0 Å². The maximum atomic E-state index is 12.4. The van der Waals surface area contributed by atoms with Crippen LogP contribution >= 0.6 is 0 Å². The number of nitrogens with zero attached hydrogens (tertiary/aromatic N) is 4. The molecule has 0 aliphatic carbocycles. The van der Waals surface area contributed by atoms with E-state index in [0.29, 0.717) is 28.7 Å². The standard InChI is InChI=1S/C81H96N4O4/c1-76(2,3)62-44-60(74(88)66(46-62)80(13,14)15)50-84-70(56-35-27-21-28-36-56)68(54-31-23-19-24-32-54)82-48-58-40-52(42-64(72(58)86)78(7,8)9)39-53-41-59(73(87)65(43-53)79(10,11)12)49-83-69(55-33-25-20-26-34-55)71(57-37-29-22-30-38-57)85-51-61-45-63(77(4,5)6)47-67(75(61)89)81(16,17)18/h19-38,40-51,68-71,86-89H,39H2,1-18H3/t68-,69-,70-,71-/m1/s1. The summed E-state index contributed by atoms with van der Waals surface area (Å²) in [5, 5.41) is 48.6. The lowest BCUT2D eigenvalue weighted by atomic mass is 9.79. The van der Waals surface area contributed by atoms with E-state index in [1.54, 1.807) is 24.9 Å². The highest BCUT2D eigenvalue weighted by atomic mass is 16.3. The molecule has 464 valence electrons. The fourth-order valence-electron chi connectivity index (χ4n) is 11.4. The molecule has 0 aromatic heterocycles. The number of rotatable bonds is 16. The molecule has 0 unspecified atom stereocenters. The summed E-state index contributed by atoms with van der Waals surface area (Å²) in [7, 11) is 0. The van der Waals surface area contributed by atoms with Gasteiger partial charge in [0, 0.05) is 69.4 Å². The van der Waals surface area contributed by atoms with Gasteiger partial charge < -0.3 is 20.4 Å². The summed E-state index contributed by atoms with van der Waals surface area (Å²) in [6.45, 7) is 38.4. The molecule has 4 atom stereocenters. The van der Waals surface area contributed by atoms with Gasteiger partial charge in [-0.05, 0) is 108 Å². The number of aromatic hydroxyl groups is 4. The lowest BCUT2D eigenvalue weighted by Gasteiger charge is -2.27. The van der Waals surface area contributed by atoms with Gasteiger partial charge >= 0.3 is 0 Å². The molecule has 8 nitrogen and oxygen atoms in total. The van der Waals surface area contributed by atoms with Crippen molar-refractivity contribution in [3.8, 4) is 23.0 Å². The number of phenolic OH excluding ortho intramolecular Hbond substituents is 4. The van der Waals surface area contributed by atoms with Crippen molar-refractivity contribution in [2.24, 2.45) is 20.0 Å². The minimum Gasteiger partial charge on any atom is -0.507 e. The molecule has 0 spiro atoms. The first-order valence-corrected chi connectivity index (χ1v) is 31.4. The molecule has 0 radical (unpaired) electrons. The zero-order valence-electron chi connectivity index (χ0n) is 56.1. The summed E-state index contributed by atoms with van der Waals surface area (Å²) in [5.74, 6) is 0.727. The summed E-state index contributed by atoms with van der Waals surface area (Å²) in [6, 6.07) is 55.0. The maximum Gasteiger partial charge on any atom is 0.128 e. The van der Waals surface area contributed by atoms with Crippen LogP contribution in [0.2, 0.25) is 0 Å². The molecule has 8 heteroatoms. The van der Waals surface area contributed by atoms with Crippen LogP contribution in [-0.2, 0) is 38.9 Å². The minimum atomic E-state index is -0.542. The van der Waals surface area contributed by atoms with Gasteiger partial charge in [-0.2, -0.15) is 0 Å². The second-order valence-corrected chi connectivity index (χ2v) is 30.3. The topological polar surface area (TPSA) is 130 Å². The highest BCUT2D eigenvalue weighted by molar-refractivity contribution is 5.88. The average Bonchev–Trinajstić information content (AvgIpc) is 1.04. The molecule has 8 aromatic carbocycles. The molecule has 0 amide bonds. The van der Waals surface area contributed by atoms with Gasteiger partial charge in [-0.1, -0.05) is 270 Å². The molecule has 89 heavy (non-hydrogen) atoms. The second kappa shape index (κ2) is 26.4. The van der Waals surface area contributed by atoms with Crippen LogP contribution in [0.1, 0.15) is 238 Å². The minimum absolute atomic E-state index is 0.151. The highest BCUT2D eigenvalue weighted by Gasteiger charge is 2.31. The average molecular weight is 1190 g/mol. The molecule has 0 saturated heterocycles. The Balaban J connectivity index is 1.24. The molecule has 4 N–H and O–H groups in total. The van der Waals surface area contributed by atoms with E-state index in [4.69, 9.17) is 20.0 Å². The third kappa shape index (κ3) is 16.3. The van der Waals surface area contributed by atoms with E-state index in [-0.39, 0.29) is 44.7 Å². The van der Waals surface area contributed by atoms with Crippen LogP contribution in [0.4, 0.5) is 0 Å². The zero-order chi connectivity index (χ0) is 65.0. The smallest absolute Gasteiger partial charge is 0.128 e. The Bertz CT molecular complexity index is 3600. The van der Waals surface area contributed by atoms with E-state index < -0.39 is 35.0 Å². The van der Waals surface area contributed by atoms with Crippen molar-refractivity contribution >= 4 is 24.9 Å². The van der Waals surface area contributed by atoms with Gasteiger partial charge in [-0.3, -0.25) is 20.0 Å².